The largest absolute Gasteiger partial charge is 0.508 e. The van der Waals surface area contributed by atoms with Gasteiger partial charge in [-0.15, -0.1) is 0 Å². The molecule has 2 unspecified atom stereocenters. The first kappa shape index (κ1) is 24.3. The molecule has 0 radical (unpaired) electrons. The van der Waals surface area contributed by atoms with E-state index in [0.29, 0.717) is 5.56 Å². The molecule has 182 valence electrons. The normalized spacial score (nSPS) is 15.9. The Morgan fingerprint density at radius 3 is 2.49 bits per heavy atom. The van der Waals surface area contributed by atoms with Crippen LogP contribution in [0.2, 0.25) is 0 Å². The van der Waals surface area contributed by atoms with Crippen molar-refractivity contribution in [1.29, 1.82) is 0 Å². The molecule has 3 aromatic rings. The molecule has 0 bridgehead atoms. The molecular weight excluding hydrogens is 442 g/mol. The highest BCUT2D eigenvalue weighted by atomic mass is 16.5. The van der Waals surface area contributed by atoms with E-state index >= 15 is 0 Å². The maximum atomic E-state index is 13.3. The highest BCUT2D eigenvalue weighted by molar-refractivity contribution is 6.09. The summed E-state index contributed by atoms with van der Waals surface area (Å²) in [4.78, 5) is 28.1. The second-order valence-corrected chi connectivity index (χ2v) is 9.26. The number of aryl methyl sites for hydroxylation is 2. The first-order chi connectivity index (χ1) is 16.8. The Kier molecular flexibility index (Phi) is 7.10. The molecule has 0 fully saturated rings. The predicted octanol–water partition coefficient (Wildman–Crippen LogP) is 5.54. The van der Waals surface area contributed by atoms with E-state index in [1.165, 1.54) is 12.1 Å². The van der Waals surface area contributed by atoms with Gasteiger partial charge in [0.05, 0.1) is 12.7 Å². The van der Waals surface area contributed by atoms with Crippen LogP contribution in [0.15, 0.2) is 60.7 Å². The van der Waals surface area contributed by atoms with Crippen molar-refractivity contribution in [3.05, 3.63) is 82.9 Å². The lowest BCUT2D eigenvalue weighted by Crippen LogP contribution is -2.42. The highest BCUT2D eigenvalue weighted by Gasteiger charge is 2.31. The Balaban J connectivity index is 1.51. The number of aromatic hydroxyl groups is 2. The second kappa shape index (κ2) is 10.2. The van der Waals surface area contributed by atoms with Crippen molar-refractivity contribution in [2.45, 2.75) is 45.6 Å². The lowest BCUT2D eigenvalue weighted by atomic mass is 9.89. The zero-order valence-corrected chi connectivity index (χ0v) is 20.3. The van der Waals surface area contributed by atoms with Crippen molar-refractivity contribution in [2.75, 3.05) is 12.0 Å². The minimum absolute atomic E-state index is 0.0619. The third-order valence-electron chi connectivity index (χ3n) is 6.80. The molecule has 0 aliphatic carbocycles. The molecule has 35 heavy (non-hydrogen) atoms. The molecule has 0 spiro atoms. The number of phenolic OH excluding ortho intramolecular Hbond substituents is 2. The summed E-state index contributed by atoms with van der Waals surface area (Å²) in [6.07, 6.45) is 3.06. The van der Waals surface area contributed by atoms with E-state index < -0.39 is 0 Å². The van der Waals surface area contributed by atoms with Crippen LogP contribution in [-0.4, -0.2) is 35.1 Å². The minimum Gasteiger partial charge on any atom is -0.508 e. The van der Waals surface area contributed by atoms with Crippen LogP contribution in [0.5, 0.6) is 17.2 Å². The van der Waals surface area contributed by atoms with E-state index in [0.717, 1.165) is 54.3 Å². The summed E-state index contributed by atoms with van der Waals surface area (Å²) in [6.45, 7) is 3.93. The standard InChI is InChI=1S/C29H31NO5/c1-18(4-6-20-7-12-24(35-3)13-8-20)28(33)22-10-15-26-21(16-22)9-5-19(2)30(26)29(34)25-14-11-23(31)17-27(25)32/h7-8,10-19,31-32H,4-6,9H2,1-3H3. The second-order valence-electron chi connectivity index (χ2n) is 9.26. The smallest absolute Gasteiger partial charge is 0.262 e. The van der Waals surface area contributed by atoms with Gasteiger partial charge in [-0.3, -0.25) is 9.59 Å². The lowest BCUT2D eigenvalue weighted by molar-refractivity contribution is 0.0923. The third-order valence-corrected chi connectivity index (χ3v) is 6.80. The van der Waals surface area contributed by atoms with E-state index in [9.17, 15) is 19.8 Å². The highest BCUT2D eigenvalue weighted by Crippen LogP contribution is 2.35. The molecule has 6 nitrogen and oxygen atoms in total. The van der Waals surface area contributed by atoms with Gasteiger partial charge in [0.1, 0.15) is 17.2 Å². The van der Waals surface area contributed by atoms with Gasteiger partial charge in [0.25, 0.3) is 5.91 Å². The first-order valence-electron chi connectivity index (χ1n) is 11.9. The van der Waals surface area contributed by atoms with Gasteiger partial charge >= 0.3 is 0 Å². The number of Topliss-reactive ketones (excluding diaryl/α,β-unsaturated/α-hetero) is 1. The number of amides is 1. The number of nitrogens with zero attached hydrogens (tertiary/aromatic N) is 1. The van der Waals surface area contributed by atoms with E-state index in [4.69, 9.17) is 4.74 Å². The monoisotopic (exact) mass is 473 g/mol. The van der Waals surface area contributed by atoms with Crippen molar-refractivity contribution in [2.24, 2.45) is 5.92 Å². The van der Waals surface area contributed by atoms with Crippen LogP contribution < -0.4 is 9.64 Å². The molecule has 4 rings (SSSR count). The summed E-state index contributed by atoms with van der Waals surface area (Å²) in [5, 5.41) is 19.8. The van der Waals surface area contributed by atoms with Crippen molar-refractivity contribution in [1.82, 2.24) is 0 Å². The van der Waals surface area contributed by atoms with Crippen LogP contribution >= 0.6 is 0 Å². The molecule has 1 amide bonds. The van der Waals surface area contributed by atoms with Gasteiger partial charge in [-0.2, -0.15) is 0 Å². The fourth-order valence-corrected chi connectivity index (χ4v) is 4.64. The summed E-state index contributed by atoms with van der Waals surface area (Å²) in [5.41, 5.74) is 3.65. The van der Waals surface area contributed by atoms with Crippen LogP contribution in [0.1, 0.15) is 58.5 Å². The maximum Gasteiger partial charge on any atom is 0.262 e. The first-order valence-corrected chi connectivity index (χ1v) is 11.9. The Bertz CT molecular complexity index is 1230. The molecule has 0 aromatic heterocycles. The summed E-state index contributed by atoms with van der Waals surface area (Å²) in [5.74, 6) is 0.0813. The number of fused-ring (bicyclic) bond motifs is 1. The number of benzene rings is 3. The van der Waals surface area contributed by atoms with E-state index in [2.05, 4.69) is 0 Å². The van der Waals surface area contributed by atoms with Crippen molar-refractivity contribution >= 4 is 17.4 Å². The number of hydrogen-bond donors (Lipinski definition) is 2. The zero-order chi connectivity index (χ0) is 25.1. The van der Waals surface area contributed by atoms with Gasteiger partial charge < -0.3 is 19.8 Å². The molecule has 0 saturated heterocycles. The van der Waals surface area contributed by atoms with Gasteiger partial charge in [-0.25, -0.2) is 0 Å². The number of phenols is 2. The molecule has 1 aliphatic rings. The van der Waals surface area contributed by atoms with Crippen LogP contribution in [0.25, 0.3) is 0 Å². The summed E-state index contributed by atoms with van der Waals surface area (Å²) < 4.78 is 5.20. The van der Waals surface area contributed by atoms with Gasteiger partial charge in [0.15, 0.2) is 5.78 Å². The average molecular weight is 474 g/mol. The van der Waals surface area contributed by atoms with E-state index in [-0.39, 0.29) is 40.7 Å². The number of anilines is 1. The molecule has 0 saturated carbocycles. The van der Waals surface area contributed by atoms with E-state index in [1.54, 1.807) is 18.1 Å². The quantitative estimate of drug-likeness (QED) is 0.440. The fraction of sp³-hybridized carbons (Fsp3) is 0.310. The van der Waals surface area contributed by atoms with Crippen molar-refractivity contribution < 1.29 is 24.5 Å². The molecule has 1 heterocycles. The van der Waals surface area contributed by atoms with Gasteiger partial charge in [-0.05, 0) is 86.2 Å². The van der Waals surface area contributed by atoms with Crippen LogP contribution in [0.3, 0.4) is 0 Å². The van der Waals surface area contributed by atoms with Gasteiger partial charge in [-0.1, -0.05) is 19.1 Å². The number of carbonyl (C=O) groups excluding carboxylic acids is 2. The third kappa shape index (κ3) is 5.16. The topological polar surface area (TPSA) is 87.1 Å². The Hall–Kier alpha value is -3.80. The summed E-state index contributed by atoms with van der Waals surface area (Å²) in [7, 11) is 1.64. The predicted molar refractivity (Wildman–Crippen MR) is 136 cm³/mol. The molecule has 3 aromatic carbocycles. The number of ketones is 1. The Morgan fingerprint density at radius 1 is 1.06 bits per heavy atom. The molecular formula is C29H31NO5. The van der Waals surface area contributed by atoms with Crippen LogP contribution in [0, 0.1) is 5.92 Å². The average Bonchev–Trinajstić information content (AvgIpc) is 2.86. The SMILES string of the molecule is COc1ccc(CCC(C)C(=O)c2ccc3c(c2)CCC(C)N3C(=O)c2ccc(O)cc2O)cc1. The number of methoxy groups -OCH3 is 1. The molecule has 1 aliphatic heterocycles. The lowest BCUT2D eigenvalue weighted by Gasteiger charge is -2.35. The zero-order valence-electron chi connectivity index (χ0n) is 20.3. The van der Waals surface area contributed by atoms with Crippen LogP contribution in [0.4, 0.5) is 5.69 Å². The van der Waals surface area contributed by atoms with Gasteiger partial charge in [0, 0.05) is 29.3 Å². The Morgan fingerprint density at radius 2 is 1.80 bits per heavy atom. The van der Waals surface area contributed by atoms with E-state index in [1.807, 2.05) is 50.2 Å². The Labute approximate surface area is 205 Å². The molecule has 6 heteroatoms. The fourth-order valence-electron chi connectivity index (χ4n) is 4.64. The summed E-state index contributed by atoms with van der Waals surface area (Å²) in [6, 6.07) is 17.4. The van der Waals surface area contributed by atoms with Crippen molar-refractivity contribution in [3.63, 3.8) is 0 Å². The van der Waals surface area contributed by atoms with Gasteiger partial charge in [0.2, 0.25) is 0 Å². The number of hydrogen-bond acceptors (Lipinski definition) is 5. The minimum atomic E-state index is -0.331. The molecule has 2 N–H and O–H groups in total. The maximum absolute atomic E-state index is 13.3. The van der Waals surface area contributed by atoms with Crippen molar-refractivity contribution in [3.8, 4) is 17.2 Å². The molecule has 2 atom stereocenters. The number of rotatable bonds is 7. The number of carbonyl (C=O) groups is 2. The number of ether oxygens (including phenoxy) is 1. The summed E-state index contributed by atoms with van der Waals surface area (Å²) >= 11 is 0. The van der Waals surface area contributed by atoms with Crippen LogP contribution in [-0.2, 0) is 12.8 Å².